The van der Waals surface area contributed by atoms with Crippen molar-refractivity contribution < 1.29 is 18.7 Å². The molecule has 2 fully saturated rings. The van der Waals surface area contributed by atoms with Gasteiger partial charge in [0.15, 0.2) is 0 Å². The van der Waals surface area contributed by atoms with E-state index in [9.17, 15) is 14.0 Å². The summed E-state index contributed by atoms with van der Waals surface area (Å²) in [7, 11) is 0. The number of halogens is 1. The third-order valence-electron chi connectivity index (χ3n) is 7.65. The number of hydrogen-bond acceptors (Lipinski definition) is 4. The first-order chi connectivity index (χ1) is 17.0. The fraction of sp³-hybridized carbons (Fsp3) is 0.444. The van der Waals surface area contributed by atoms with Crippen LogP contribution in [0, 0.1) is 11.7 Å². The molecule has 2 atom stereocenters. The third kappa shape index (κ3) is 3.94. The number of amides is 3. The zero-order valence-corrected chi connectivity index (χ0v) is 19.8. The van der Waals surface area contributed by atoms with E-state index in [4.69, 9.17) is 9.84 Å². The molecule has 2 aromatic rings. The topological polar surface area (TPSA) is 65.5 Å². The van der Waals surface area contributed by atoms with Crippen LogP contribution in [-0.2, 0) is 4.79 Å². The van der Waals surface area contributed by atoms with Gasteiger partial charge in [-0.15, -0.1) is 0 Å². The monoisotopic (exact) mass is 476 g/mol. The molecule has 0 unspecified atom stereocenters. The summed E-state index contributed by atoms with van der Waals surface area (Å²) in [6.07, 6.45) is 3.50. The van der Waals surface area contributed by atoms with Crippen molar-refractivity contribution in [2.45, 2.75) is 50.7 Å². The summed E-state index contributed by atoms with van der Waals surface area (Å²) >= 11 is 0. The van der Waals surface area contributed by atoms with Crippen molar-refractivity contribution in [3.05, 3.63) is 65.5 Å². The Morgan fingerprint density at radius 2 is 1.74 bits per heavy atom. The van der Waals surface area contributed by atoms with Crippen LogP contribution in [0.1, 0.15) is 49.8 Å². The quantitative estimate of drug-likeness (QED) is 0.667. The van der Waals surface area contributed by atoms with Crippen LogP contribution in [0.15, 0.2) is 53.6 Å². The van der Waals surface area contributed by atoms with Gasteiger partial charge in [0.1, 0.15) is 11.6 Å². The molecular weight excluding hydrogens is 447 g/mol. The number of piperidine rings is 1. The van der Waals surface area contributed by atoms with E-state index in [2.05, 4.69) is 0 Å². The highest BCUT2D eigenvalue weighted by Gasteiger charge is 2.49. The molecule has 8 heteroatoms. The molecule has 2 aromatic carbocycles. The van der Waals surface area contributed by atoms with Crippen LogP contribution in [0.4, 0.5) is 9.18 Å². The number of likely N-dealkylation sites (tertiary alicyclic amines) is 1. The first-order valence-electron chi connectivity index (χ1n) is 12.4. The second-order valence-corrected chi connectivity index (χ2v) is 9.90. The van der Waals surface area contributed by atoms with Crippen molar-refractivity contribution in [3.63, 3.8) is 0 Å². The number of hydrogen-bond donors (Lipinski definition) is 0. The zero-order valence-electron chi connectivity index (χ0n) is 19.8. The van der Waals surface area contributed by atoms with Crippen molar-refractivity contribution in [2.24, 2.45) is 11.0 Å². The lowest BCUT2D eigenvalue weighted by atomic mass is 9.86. The van der Waals surface area contributed by atoms with E-state index in [0.29, 0.717) is 36.7 Å². The van der Waals surface area contributed by atoms with Crippen LogP contribution in [0.5, 0.6) is 5.75 Å². The molecule has 35 heavy (non-hydrogen) atoms. The van der Waals surface area contributed by atoms with E-state index in [1.54, 1.807) is 18.0 Å². The van der Waals surface area contributed by atoms with E-state index in [1.807, 2.05) is 40.1 Å². The van der Waals surface area contributed by atoms with Gasteiger partial charge in [-0.25, -0.2) is 14.2 Å². The van der Waals surface area contributed by atoms with Gasteiger partial charge in [-0.3, -0.25) is 4.79 Å². The SMILES string of the molecule is CC(=O)N1CCC(N(C(=O)N2N=C3c4cc(F)ccc4OC[C@H]3[C@H]2c2ccccc2)C2CC2)CC1. The Morgan fingerprint density at radius 1 is 1.03 bits per heavy atom. The minimum absolute atomic E-state index is 0.0748. The van der Waals surface area contributed by atoms with E-state index < -0.39 is 0 Å². The average molecular weight is 477 g/mol. The molecule has 3 amide bonds. The third-order valence-corrected chi connectivity index (χ3v) is 7.65. The standard InChI is InChI=1S/C27H29FN4O3/c1-17(33)30-13-11-21(12-14-30)31(20-8-9-20)27(34)32-26(18-5-3-2-4-6-18)23-16-35-24-10-7-19(28)15-22(24)25(23)29-32/h2-7,10,15,20-21,23,26H,8-9,11-14,16H2,1H3/t23-,26-/m1/s1. The summed E-state index contributed by atoms with van der Waals surface area (Å²) in [6, 6.07) is 14.2. The molecule has 0 bridgehead atoms. The summed E-state index contributed by atoms with van der Waals surface area (Å²) in [6.45, 7) is 3.30. The van der Waals surface area contributed by atoms with Gasteiger partial charge in [-0.05, 0) is 49.4 Å². The molecule has 4 aliphatic rings. The number of nitrogens with zero attached hydrogens (tertiary/aromatic N) is 4. The van der Waals surface area contributed by atoms with Crippen LogP contribution in [-0.4, -0.2) is 64.2 Å². The fourth-order valence-corrected chi connectivity index (χ4v) is 5.73. The maximum atomic E-state index is 14.2. The summed E-state index contributed by atoms with van der Waals surface area (Å²) in [5.41, 5.74) is 2.30. The molecule has 1 aliphatic carbocycles. The number of carbonyl (C=O) groups is 2. The van der Waals surface area contributed by atoms with Gasteiger partial charge in [-0.1, -0.05) is 30.3 Å². The number of benzene rings is 2. The Kier molecular flexibility index (Phi) is 5.46. The molecule has 3 aliphatic heterocycles. The first-order valence-corrected chi connectivity index (χ1v) is 12.4. The fourth-order valence-electron chi connectivity index (χ4n) is 5.73. The first kappa shape index (κ1) is 22.1. The Bertz CT molecular complexity index is 1170. The molecule has 0 radical (unpaired) electrons. The minimum atomic E-state index is -0.353. The van der Waals surface area contributed by atoms with Gasteiger partial charge in [-0.2, -0.15) is 5.10 Å². The van der Waals surface area contributed by atoms with Crippen LogP contribution >= 0.6 is 0 Å². The van der Waals surface area contributed by atoms with Crippen molar-refractivity contribution in [1.82, 2.24) is 14.8 Å². The number of hydrazone groups is 1. The van der Waals surface area contributed by atoms with Gasteiger partial charge >= 0.3 is 6.03 Å². The van der Waals surface area contributed by atoms with Gasteiger partial charge in [0, 0.05) is 37.7 Å². The van der Waals surface area contributed by atoms with Crippen molar-refractivity contribution in [1.29, 1.82) is 0 Å². The molecule has 6 rings (SSSR count). The van der Waals surface area contributed by atoms with Gasteiger partial charge in [0.2, 0.25) is 5.91 Å². The lowest BCUT2D eigenvalue weighted by Gasteiger charge is -2.40. The second kappa shape index (κ2) is 8.66. The highest BCUT2D eigenvalue weighted by Crippen LogP contribution is 2.44. The number of urea groups is 1. The molecule has 0 N–H and O–H groups in total. The largest absolute Gasteiger partial charge is 0.492 e. The Balaban J connectivity index is 1.36. The number of rotatable bonds is 3. The molecular formula is C27H29FN4O3. The Morgan fingerprint density at radius 3 is 2.43 bits per heavy atom. The van der Waals surface area contributed by atoms with E-state index in [1.165, 1.54) is 12.1 Å². The average Bonchev–Trinajstić information content (AvgIpc) is 3.62. The minimum Gasteiger partial charge on any atom is -0.492 e. The van der Waals surface area contributed by atoms with Crippen LogP contribution in [0.2, 0.25) is 0 Å². The molecule has 0 aromatic heterocycles. The molecule has 182 valence electrons. The van der Waals surface area contributed by atoms with E-state index >= 15 is 0 Å². The zero-order chi connectivity index (χ0) is 24.1. The van der Waals surface area contributed by atoms with Crippen molar-refractivity contribution in [2.75, 3.05) is 19.7 Å². The summed E-state index contributed by atoms with van der Waals surface area (Å²) in [5, 5.41) is 6.49. The van der Waals surface area contributed by atoms with Crippen LogP contribution in [0.25, 0.3) is 0 Å². The summed E-state index contributed by atoms with van der Waals surface area (Å²) in [5.74, 6) is 0.140. The smallest absolute Gasteiger partial charge is 0.341 e. The lowest BCUT2D eigenvalue weighted by Crippen LogP contribution is -2.52. The van der Waals surface area contributed by atoms with E-state index in [0.717, 1.165) is 31.2 Å². The normalized spacial score (nSPS) is 23.8. The van der Waals surface area contributed by atoms with Crippen LogP contribution in [0.3, 0.4) is 0 Å². The predicted octanol–water partition coefficient (Wildman–Crippen LogP) is 4.19. The lowest BCUT2D eigenvalue weighted by molar-refractivity contribution is -0.130. The highest BCUT2D eigenvalue weighted by atomic mass is 19.1. The molecule has 3 heterocycles. The van der Waals surface area contributed by atoms with Crippen molar-refractivity contribution in [3.8, 4) is 5.75 Å². The maximum Gasteiger partial charge on any atom is 0.341 e. The van der Waals surface area contributed by atoms with Gasteiger partial charge in [0.05, 0.1) is 24.3 Å². The second-order valence-electron chi connectivity index (χ2n) is 9.90. The van der Waals surface area contributed by atoms with Crippen molar-refractivity contribution >= 4 is 17.6 Å². The van der Waals surface area contributed by atoms with Gasteiger partial charge < -0.3 is 14.5 Å². The number of fused-ring (bicyclic) bond motifs is 3. The Hall–Kier alpha value is -3.42. The Labute approximate surface area is 204 Å². The maximum absolute atomic E-state index is 14.2. The van der Waals surface area contributed by atoms with Gasteiger partial charge in [0.25, 0.3) is 0 Å². The molecule has 0 spiro atoms. The predicted molar refractivity (Wildman–Crippen MR) is 128 cm³/mol. The number of carbonyl (C=O) groups excluding carboxylic acids is 2. The summed E-state index contributed by atoms with van der Waals surface area (Å²) < 4.78 is 20.2. The summed E-state index contributed by atoms with van der Waals surface area (Å²) in [4.78, 5) is 29.9. The highest BCUT2D eigenvalue weighted by molar-refractivity contribution is 6.07. The van der Waals surface area contributed by atoms with E-state index in [-0.39, 0.29) is 41.8 Å². The number of ether oxygens (including phenoxy) is 1. The molecule has 1 saturated carbocycles. The molecule has 1 saturated heterocycles. The van der Waals surface area contributed by atoms with Crippen LogP contribution < -0.4 is 4.74 Å². The molecule has 7 nitrogen and oxygen atoms in total.